The van der Waals surface area contributed by atoms with Crippen molar-refractivity contribution in [2.75, 3.05) is 18.6 Å². The third-order valence-electron chi connectivity index (χ3n) is 3.15. The van der Waals surface area contributed by atoms with Crippen LogP contribution in [0.3, 0.4) is 0 Å². The van der Waals surface area contributed by atoms with Crippen LogP contribution in [0.25, 0.3) is 0 Å². The number of nitrogens with one attached hydrogen (secondary N) is 1. The van der Waals surface area contributed by atoms with Crippen molar-refractivity contribution < 1.29 is 0 Å². The first-order valence-electron chi connectivity index (χ1n) is 6.46. The number of hydrogen-bond acceptors (Lipinski definition) is 2. The Balaban J connectivity index is 2.70. The van der Waals surface area contributed by atoms with Crippen molar-refractivity contribution in [2.24, 2.45) is 0 Å². The van der Waals surface area contributed by atoms with E-state index in [0.717, 1.165) is 13.0 Å². The normalized spacial score (nSPS) is 12.7. The van der Waals surface area contributed by atoms with Gasteiger partial charge in [-0.05, 0) is 56.2 Å². The number of benzene rings is 1. The highest BCUT2D eigenvalue weighted by atomic mass is 32.2. The standard InChI is InChI=1S/C15H25NS/c1-5-9-16-14(11-17-4)10-15-12(2)7-6-8-13(15)3/h6-8,14,16H,5,9-11H2,1-4H3. The van der Waals surface area contributed by atoms with Crippen molar-refractivity contribution in [2.45, 2.75) is 39.7 Å². The molecule has 96 valence electrons. The molecule has 0 aliphatic heterocycles. The van der Waals surface area contributed by atoms with Crippen molar-refractivity contribution >= 4 is 11.8 Å². The Kier molecular flexibility index (Phi) is 6.68. The van der Waals surface area contributed by atoms with Crippen LogP contribution in [0.4, 0.5) is 0 Å². The molecule has 17 heavy (non-hydrogen) atoms. The lowest BCUT2D eigenvalue weighted by Gasteiger charge is -2.20. The summed E-state index contributed by atoms with van der Waals surface area (Å²) in [7, 11) is 0. The average molecular weight is 251 g/mol. The van der Waals surface area contributed by atoms with Crippen LogP contribution in [-0.2, 0) is 6.42 Å². The Bertz CT molecular complexity index is 315. The molecule has 0 aliphatic rings. The van der Waals surface area contributed by atoms with E-state index in [4.69, 9.17) is 0 Å². The maximum absolute atomic E-state index is 3.65. The molecule has 2 heteroatoms. The van der Waals surface area contributed by atoms with E-state index in [0.29, 0.717) is 6.04 Å². The van der Waals surface area contributed by atoms with Gasteiger partial charge in [-0.3, -0.25) is 0 Å². The summed E-state index contributed by atoms with van der Waals surface area (Å²) in [6.07, 6.45) is 4.54. The first kappa shape index (κ1) is 14.6. The van der Waals surface area contributed by atoms with Crippen LogP contribution in [0, 0.1) is 13.8 Å². The fourth-order valence-electron chi connectivity index (χ4n) is 2.16. The fourth-order valence-corrected chi connectivity index (χ4v) is 2.80. The zero-order valence-corrected chi connectivity index (χ0v) is 12.4. The second-order valence-corrected chi connectivity index (χ2v) is 5.59. The molecule has 0 fully saturated rings. The summed E-state index contributed by atoms with van der Waals surface area (Å²) < 4.78 is 0. The van der Waals surface area contributed by atoms with Gasteiger partial charge in [-0.25, -0.2) is 0 Å². The maximum Gasteiger partial charge on any atom is 0.0198 e. The fraction of sp³-hybridized carbons (Fsp3) is 0.600. The highest BCUT2D eigenvalue weighted by molar-refractivity contribution is 7.98. The van der Waals surface area contributed by atoms with Gasteiger partial charge in [0.2, 0.25) is 0 Å². The Hall–Kier alpha value is -0.470. The molecule has 0 heterocycles. The quantitative estimate of drug-likeness (QED) is 0.795. The smallest absolute Gasteiger partial charge is 0.0198 e. The molecule has 1 N–H and O–H groups in total. The van der Waals surface area contributed by atoms with Crippen LogP contribution in [0.15, 0.2) is 18.2 Å². The van der Waals surface area contributed by atoms with Gasteiger partial charge >= 0.3 is 0 Å². The van der Waals surface area contributed by atoms with Gasteiger partial charge in [-0.1, -0.05) is 25.1 Å². The van der Waals surface area contributed by atoms with Crippen molar-refractivity contribution in [3.63, 3.8) is 0 Å². The first-order chi connectivity index (χ1) is 8.19. The second-order valence-electron chi connectivity index (χ2n) is 4.68. The lowest BCUT2D eigenvalue weighted by Crippen LogP contribution is -2.34. The molecule has 0 spiro atoms. The average Bonchev–Trinajstić information content (AvgIpc) is 2.31. The SMILES string of the molecule is CCCNC(CSC)Cc1c(C)cccc1C. The zero-order valence-electron chi connectivity index (χ0n) is 11.5. The van der Waals surface area contributed by atoms with Gasteiger partial charge in [0.1, 0.15) is 0 Å². The summed E-state index contributed by atoms with van der Waals surface area (Å²) in [6.45, 7) is 7.79. The number of hydrogen-bond donors (Lipinski definition) is 1. The van der Waals surface area contributed by atoms with Gasteiger partial charge in [0.05, 0.1) is 0 Å². The predicted molar refractivity (Wildman–Crippen MR) is 80.1 cm³/mol. The van der Waals surface area contributed by atoms with Crippen LogP contribution in [-0.4, -0.2) is 24.6 Å². The van der Waals surface area contributed by atoms with Gasteiger partial charge < -0.3 is 5.32 Å². The van der Waals surface area contributed by atoms with E-state index >= 15 is 0 Å². The van der Waals surface area contributed by atoms with Crippen LogP contribution in [0.2, 0.25) is 0 Å². The van der Waals surface area contributed by atoms with Gasteiger partial charge in [-0.15, -0.1) is 0 Å². The molecule has 1 rings (SSSR count). The van der Waals surface area contributed by atoms with Crippen LogP contribution in [0.1, 0.15) is 30.0 Å². The second kappa shape index (κ2) is 7.78. The summed E-state index contributed by atoms with van der Waals surface area (Å²) in [5.41, 5.74) is 4.37. The maximum atomic E-state index is 3.65. The minimum Gasteiger partial charge on any atom is -0.313 e. The van der Waals surface area contributed by atoms with Crippen molar-refractivity contribution in [1.29, 1.82) is 0 Å². The van der Waals surface area contributed by atoms with E-state index in [1.165, 1.54) is 28.9 Å². The molecular formula is C15H25NS. The molecule has 0 amide bonds. The Morgan fingerprint density at radius 2 is 1.88 bits per heavy atom. The van der Waals surface area contributed by atoms with Gasteiger partial charge in [-0.2, -0.15) is 11.8 Å². The van der Waals surface area contributed by atoms with E-state index < -0.39 is 0 Å². The van der Waals surface area contributed by atoms with Crippen molar-refractivity contribution in [3.05, 3.63) is 34.9 Å². The number of thioether (sulfide) groups is 1. The van der Waals surface area contributed by atoms with Crippen LogP contribution >= 0.6 is 11.8 Å². The summed E-state index contributed by atoms with van der Waals surface area (Å²) >= 11 is 1.93. The Morgan fingerprint density at radius 1 is 1.24 bits per heavy atom. The summed E-state index contributed by atoms with van der Waals surface area (Å²) in [5.74, 6) is 1.19. The van der Waals surface area contributed by atoms with E-state index in [2.05, 4.69) is 50.5 Å². The highest BCUT2D eigenvalue weighted by Crippen LogP contribution is 2.16. The summed E-state index contributed by atoms with van der Waals surface area (Å²) in [5, 5.41) is 3.65. The molecule has 0 radical (unpaired) electrons. The monoisotopic (exact) mass is 251 g/mol. The molecule has 1 aromatic carbocycles. The molecular weight excluding hydrogens is 226 g/mol. The number of rotatable bonds is 7. The summed E-state index contributed by atoms with van der Waals surface area (Å²) in [6, 6.07) is 7.19. The van der Waals surface area contributed by atoms with Crippen molar-refractivity contribution in [3.8, 4) is 0 Å². The van der Waals surface area contributed by atoms with Gasteiger partial charge in [0.15, 0.2) is 0 Å². The molecule has 1 nitrogen and oxygen atoms in total. The van der Waals surface area contributed by atoms with Gasteiger partial charge in [0, 0.05) is 11.8 Å². The van der Waals surface area contributed by atoms with Crippen LogP contribution in [0.5, 0.6) is 0 Å². The molecule has 1 aromatic rings. The minimum atomic E-state index is 0.602. The molecule has 1 unspecified atom stereocenters. The predicted octanol–water partition coefficient (Wildman–Crippen LogP) is 3.58. The molecule has 0 aliphatic carbocycles. The zero-order chi connectivity index (χ0) is 12.7. The van der Waals surface area contributed by atoms with Crippen molar-refractivity contribution in [1.82, 2.24) is 5.32 Å². The number of aryl methyl sites for hydroxylation is 2. The van der Waals surface area contributed by atoms with Gasteiger partial charge in [0.25, 0.3) is 0 Å². The Labute approximate surface area is 110 Å². The molecule has 0 bridgehead atoms. The molecule has 0 aromatic heterocycles. The lowest BCUT2D eigenvalue weighted by molar-refractivity contribution is 0.548. The van der Waals surface area contributed by atoms with E-state index in [1.807, 2.05) is 11.8 Å². The third-order valence-corrected chi connectivity index (χ3v) is 3.88. The molecule has 1 atom stereocenters. The third kappa shape index (κ3) is 4.72. The summed E-state index contributed by atoms with van der Waals surface area (Å²) in [4.78, 5) is 0. The lowest BCUT2D eigenvalue weighted by atomic mass is 9.97. The van der Waals surface area contributed by atoms with E-state index in [1.54, 1.807) is 0 Å². The van der Waals surface area contributed by atoms with E-state index in [9.17, 15) is 0 Å². The van der Waals surface area contributed by atoms with E-state index in [-0.39, 0.29) is 0 Å². The van der Waals surface area contributed by atoms with Crippen LogP contribution < -0.4 is 5.32 Å². The molecule has 0 saturated carbocycles. The Morgan fingerprint density at radius 3 is 2.41 bits per heavy atom. The highest BCUT2D eigenvalue weighted by Gasteiger charge is 2.11. The molecule has 0 saturated heterocycles. The topological polar surface area (TPSA) is 12.0 Å². The first-order valence-corrected chi connectivity index (χ1v) is 7.85. The largest absolute Gasteiger partial charge is 0.313 e. The minimum absolute atomic E-state index is 0.602.